The van der Waals surface area contributed by atoms with Gasteiger partial charge in [-0.2, -0.15) is 0 Å². The van der Waals surface area contributed by atoms with Crippen LogP contribution in [0.3, 0.4) is 0 Å². The highest BCUT2D eigenvalue weighted by atomic mass is 16.4. The van der Waals surface area contributed by atoms with Gasteiger partial charge in [0.1, 0.15) is 6.54 Å². The number of para-hydroxylation sites is 1. The molecule has 0 aliphatic rings. The number of amides is 3. The van der Waals surface area contributed by atoms with Gasteiger partial charge in [0.25, 0.3) is 5.91 Å². The Labute approximate surface area is 115 Å². The monoisotopic (exact) mass is 280 g/mol. The van der Waals surface area contributed by atoms with Crippen LogP contribution >= 0.6 is 0 Å². The standard InChI is InChI=1S/C12H16N4O4/c13-7-6-10(17)15-16(9-4-2-1-3-5-9)11(18)8-14-12(19)20/h1-5,14H,6-8,13H2,(H,15,17)(H,19,20). The van der Waals surface area contributed by atoms with Crippen LogP contribution in [0.1, 0.15) is 6.42 Å². The molecule has 1 aromatic carbocycles. The molecule has 0 bridgehead atoms. The molecule has 8 heteroatoms. The van der Waals surface area contributed by atoms with Gasteiger partial charge >= 0.3 is 6.09 Å². The summed E-state index contributed by atoms with van der Waals surface area (Å²) in [4.78, 5) is 33.9. The molecule has 3 amide bonds. The smallest absolute Gasteiger partial charge is 0.405 e. The van der Waals surface area contributed by atoms with Crippen LogP contribution in [0.4, 0.5) is 10.5 Å². The van der Waals surface area contributed by atoms with Crippen molar-refractivity contribution in [3.05, 3.63) is 30.3 Å². The Morgan fingerprint density at radius 2 is 1.85 bits per heavy atom. The number of hydrazine groups is 1. The number of carbonyl (C=O) groups is 3. The number of rotatable bonds is 5. The summed E-state index contributed by atoms with van der Waals surface area (Å²) in [6, 6.07) is 8.36. The molecule has 1 rings (SSSR count). The van der Waals surface area contributed by atoms with Gasteiger partial charge in [-0.25, -0.2) is 9.80 Å². The Hall–Kier alpha value is -2.61. The molecule has 0 aromatic heterocycles. The summed E-state index contributed by atoms with van der Waals surface area (Å²) in [6.07, 6.45) is -1.26. The van der Waals surface area contributed by atoms with Crippen molar-refractivity contribution in [3.8, 4) is 0 Å². The normalized spacial score (nSPS) is 9.65. The summed E-state index contributed by atoms with van der Waals surface area (Å²) in [5.74, 6) is -1.04. The van der Waals surface area contributed by atoms with Crippen LogP contribution < -0.4 is 21.5 Å². The van der Waals surface area contributed by atoms with Crippen LogP contribution in [-0.2, 0) is 9.59 Å². The van der Waals surface area contributed by atoms with Gasteiger partial charge < -0.3 is 16.2 Å². The molecule has 8 nitrogen and oxygen atoms in total. The number of nitrogens with zero attached hydrogens (tertiary/aromatic N) is 1. The van der Waals surface area contributed by atoms with E-state index in [1.807, 2.05) is 5.32 Å². The molecule has 0 saturated carbocycles. The predicted octanol–water partition coefficient (Wildman–Crippen LogP) is -0.333. The number of hydrogen-bond acceptors (Lipinski definition) is 4. The van der Waals surface area contributed by atoms with Gasteiger partial charge in [-0.1, -0.05) is 18.2 Å². The van der Waals surface area contributed by atoms with E-state index in [9.17, 15) is 14.4 Å². The minimum Gasteiger partial charge on any atom is -0.465 e. The highest BCUT2D eigenvalue weighted by Crippen LogP contribution is 2.11. The predicted molar refractivity (Wildman–Crippen MR) is 71.8 cm³/mol. The molecule has 0 spiro atoms. The molecule has 0 fully saturated rings. The molecule has 0 aliphatic carbocycles. The summed E-state index contributed by atoms with van der Waals surface area (Å²) >= 11 is 0. The minimum absolute atomic E-state index is 0.0585. The molecule has 1 aromatic rings. The molecule has 0 aliphatic heterocycles. The van der Waals surface area contributed by atoms with E-state index < -0.39 is 24.5 Å². The van der Waals surface area contributed by atoms with E-state index in [1.54, 1.807) is 30.3 Å². The Kier molecular flexibility index (Phi) is 5.98. The third-order valence-electron chi connectivity index (χ3n) is 2.26. The van der Waals surface area contributed by atoms with E-state index in [2.05, 4.69) is 5.43 Å². The fourth-order valence-electron chi connectivity index (χ4n) is 1.39. The first-order valence-electron chi connectivity index (χ1n) is 5.89. The van der Waals surface area contributed by atoms with Crippen molar-refractivity contribution in [1.82, 2.24) is 10.7 Å². The van der Waals surface area contributed by atoms with Gasteiger partial charge in [0, 0.05) is 13.0 Å². The van der Waals surface area contributed by atoms with Crippen molar-refractivity contribution in [2.75, 3.05) is 18.1 Å². The SMILES string of the molecule is NCCC(=O)NN(C(=O)CNC(=O)O)c1ccccc1. The van der Waals surface area contributed by atoms with E-state index in [0.29, 0.717) is 5.69 Å². The largest absolute Gasteiger partial charge is 0.465 e. The zero-order valence-corrected chi connectivity index (χ0v) is 10.7. The number of carbonyl (C=O) groups excluding carboxylic acids is 2. The Morgan fingerprint density at radius 1 is 1.20 bits per heavy atom. The lowest BCUT2D eigenvalue weighted by atomic mass is 10.3. The molecule has 5 N–H and O–H groups in total. The van der Waals surface area contributed by atoms with Crippen LogP contribution in [0.15, 0.2) is 30.3 Å². The van der Waals surface area contributed by atoms with Crippen molar-refractivity contribution >= 4 is 23.6 Å². The summed E-state index contributed by atoms with van der Waals surface area (Å²) in [5.41, 5.74) is 8.08. The Bertz CT molecular complexity index is 478. The Balaban J connectivity index is 2.81. The molecular formula is C12H16N4O4. The maximum atomic E-state index is 11.9. The zero-order valence-electron chi connectivity index (χ0n) is 10.7. The number of nitrogens with two attached hydrogens (primary N) is 1. The molecule has 20 heavy (non-hydrogen) atoms. The van der Waals surface area contributed by atoms with Crippen LogP contribution in [0.25, 0.3) is 0 Å². The van der Waals surface area contributed by atoms with Crippen molar-refractivity contribution < 1.29 is 19.5 Å². The summed E-state index contributed by atoms with van der Waals surface area (Å²) in [6.45, 7) is -0.302. The zero-order chi connectivity index (χ0) is 15.0. The second-order valence-corrected chi connectivity index (χ2v) is 3.80. The summed E-state index contributed by atoms with van der Waals surface area (Å²) in [7, 11) is 0. The van der Waals surface area contributed by atoms with Crippen molar-refractivity contribution in [1.29, 1.82) is 0 Å². The molecular weight excluding hydrogens is 264 g/mol. The first kappa shape index (κ1) is 15.4. The first-order chi connectivity index (χ1) is 9.54. The van der Waals surface area contributed by atoms with Gasteiger partial charge in [-0.05, 0) is 12.1 Å². The number of carboxylic acid groups (broad SMARTS) is 1. The third-order valence-corrected chi connectivity index (χ3v) is 2.26. The highest BCUT2D eigenvalue weighted by molar-refractivity contribution is 5.98. The molecule has 0 unspecified atom stereocenters. The molecule has 108 valence electrons. The van der Waals surface area contributed by atoms with Gasteiger partial charge in [-0.15, -0.1) is 0 Å². The number of nitrogens with one attached hydrogen (secondary N) is 2. The lowest BCUT2D eigenvalue weighted by Gasteiger charge is -2.23. The van der Waals surface area contributed by atoms with Crippen molar-refractivity contribution in [3.63, 3.8) is 0 Å². The van der Waals surface area contributed by atoms with Crippen molar-refractivity contribution in [2.45, 2.75) is 6.42 Å². The lowest BCUT2D eigenvalue weighted by molar-refractivity contribution is -0.125. The minimum atomic E-state index is -1.32. The molecule has 0 atom stereocenters. The maximum absolute atomic E-state index is 11.9. The second-order valence-electron chi connectivity index (χ2n) is 3.80. The molecule has 0 radical (unpaired) electrons. The van der Waals surface area contributed by atoms with Crippen LogP contribution in [-0.4, -0.2) is 36.1 Å². The fourth-order valence-corrected chi connectivity index (χ4v) is 1.39. The van der Waals surface area contributed by atoms with Gasteiger partial charge in [-0.3, -0.25) is 15.0 Å². The number of anilines is 1. The van der Waals surface area contributed by atoms with E-state index >= 15 is 0 Å². The van der Waals surface area contributed by atoms with Crippen LogP contribution in [0.5, 0.6) is 0 Å². The van der Waals surface area contributed by atoms with Gasteiger partial charge in [0.2, 0.25) is 5.91 Å². The van der Waals surface area contributed by atoms with E-state index in [4.69, 9.17) is 10.8 Å². The van der Waals surface area contributed by atoms with Gasteiger partial charge in [0.05, 0.1) is 5.69 Å². The van der Waals surface area contributed by atoms with Crippen LogP contribution in [0.2, 0.25) is 0 Å². The quantitative estimate of drug-likeness (QED) is 0.549. The van der Waals surface area contributed by atoms with E-state index in [1.165, 1.54) is 0 Å². The number of benzene rings is 1. The second kappa shape index (κ2) is 7.74. The topological polar surface area (TPSA) is 125 Å². The van der Waals surface area contributed by atoms with Crippen molar-refractivity contribution in [2.24, 2.45) is 5.73 Å². The lowest BCUT2D eigenvalue weighted by Crippen LogP contribution is -2.50. The fraction of sp³-hybridized carbons (Fsp3) is 0.250. The maximum Gasteiger partial charge on any atom is 0.405 e. The van der Waals surface area contributed by atoms with E-state index in [0.717, 1.165) is 5.01 Å². The summed E-state index contributed by atoms with van der Waals surface area (Å²) in [5, 5.41) is 11.4. The van der Waals surface area contributed by atoms with Crippen LogP contribution in [0, 0.1) is 0 Å². The average Bonchev–Trinajstić information content (AvgIpc) is 2.43. The molecule has 0 heterocycles. The highest BCUT2D eigenvalue weighted by Gasteiger charge is 2.18. The van der Waals surface area contributed by atoms with Gasteiger partial charge in [0.15, 0.2) is 0 Å². The number of hydrogen-bond donors (Lipinski definition) is 4. The average molecular weight is 280 g/mol. The van der Waals surface area contributed by atoms with E-state index in [-0.39, 0.29) is 13.0 Å². The Morgan fingerprint density at radius 3 is 2.40 bits per heavy atom. The molecule has 0 saturated heterocycles. The summed E-state index contributed by atoms with van der Waals surface area (Å²) < 4.78 is 0. The third kappa shape index (κ3) is 4.94. The first-order valence-corrected chi connectivity index (χ1v) is 5.89.